The van der Waals surface area contributed by atoms with Crippen molar-refractivity contribution in [2.45, 2.75) is 58.7 Å². The van der Waals surface area contributed by atoms with E-state index in [0.717, 1.165) is 48.8 Å². The highest BCUT2D eigenvalue weighted by molar-refractivity contribution is 5.78. The molecule has 0 bridgehead atoms. The maximum Gasteiger partial charge on any atom is 0.227 e. The SMILES string of the molecule is Cc1nccn1CC(C)C(=O)N1CCc2nc(C3CCCCN3)ncc2C1. The zero-order valence-corrected chi connectivity index (χ0v) is 16.2. The second kappa shape index (κ2) is 7.76. The highest BCUT2D eigenvalue weighted by Gasteiger charge is 2.27. The summed E-state index contributed by atoms with van der Waals surface area (Å²) in [5.41, 5.74) is 2.19. The fourth-order valence-corrected chi connectivity index (χ4v) is 4.04. The highest BCUT2D eigenvalue weighted by Crippen LogP contribution is 2.24. The lowest BCUT2D eigenvalue weighted by Gasteiger charge is -2.31. The van der Waals surface area contributed by atoms with Crippen molar-refractivity contribution >= 4 is 5.91 Å². The van der Waals surface area contributed by atoms with Gasteiger partial charge in [0.05, 0.1) is 17.7 Å². The second-order valence-corrected chi connectivity index (χ2v) is 7.74. The molecule has 2 unspecified atom stereocenters. The molecule has 1 fully saturated rings. The van der Waals surface area contributed by atoms with E-state index in [9.17, 15) is 4.79 Å². The standard InChI is InChI=1S/C20H28N6O/c1-14(12-25-10-8-21-15(25)2)20(27)26-9-6-17-16(13-26)11-23-19(24-17)18-5-3-4-7-22-18/h8,10-11,14,18,22H,3-7,9,12-13H2,1-2H3. The van der Waals surface area contributed by atoms with Crippen molar-refractivity contribution in [3.05, 3.63) is 41.5 Å². The number of fused-ring (bicyclic) bond motifs is 1. The van der Waals surface area contributed by atoms with Gasteiger partial charge < -0.3 is 14.8 Å². The summed E-state index contributed by atoms with van der Waals surface area (Å²) < 4.78 is 2.03. The molecule has 7 heteroatoms. The number of imidazole rings is 1. The van der Waals surface area contributed by atoms with Crippen LogP contribution in [0, 0.1) is 12.8 Å². The molecule has 4 heterocycles. The van der Waals surface area contributed by atoms with E-state index in [-0.39, 0.29) is 17.9 Å². The fraction of sp³-hybridized carbons (Fsp3) is 0.600. The molecule has 2 atom stereocenters. The van der Waals surface area contributed by atoms with Crippen LogP contribution in [0.1, 0.15) is 55.1 Å². The van der Waals surface area contributed by atoms with Crippen LogP contribution >= 0.6 is 0 Å². The van der Waals surface area contributed by atoms with Gasteiger partial charge in [-0.25, -0.2) is 15.0 Å². The molecule has 1 amide bonds. The zero-order chi connectivity index (χ0) is 18.8. The third-order valence-electron chi connectivity index (χ3n) is 5.70. The van der Waals surface area contributed by atoms with E-state index in [4.69, 9.17) is 4.98 Å². The van der Waals surface area contributed by atoms with Gasteiger partial charge in [-0.2, -0.15) is 0 Å². The summed E-state index contributed by atoms with van der Waals surface area (Å²) in [6.45, 7) is 7.00. The molecule has 2 aromatic heterocycles. The van der Waals surface area contributed by atoms with Crippen LogP contribution in [0.25, 0.3) is 0 Å². The van der Waals surface area contributed by atoms with Crippen LogP contribution in [0.5, 0.6) is 0 Å². The van der Waals surface area contributed by atoms with E-state index in [1.807, 2.05) is 35.7 Å². The van der Waals surface area contributed by atoms with Gasteiger partial charge in [-0.05, 0) is 26.3 Å². The Bertz CT molecular complexity index is 811. The topological polar surface area (TPSA) is 75.9 Å². The number of carbonyl (C=O) groups excluding carboxylic acids is 1. The number of carbonyl (C=O) groups is 1. The molecule has 1 N–H and O–H groups in total. The molecule has 2 aliphatic heterocycles. The number of hydrogen-bond donors (Lipinski definition) is 1. The van der Waals surface area contributed by atoms with Gasteiger partial charge >= 0.3 is 0 Å². The first kappa shape index (κ1) is 18.1. The van der Waals surface area contributed by atoms with Gasteiger partial charge in [0.2, 0.25) is 5.91 Å². The Morgan fingerprint density at radius 2 is 2.26 bits per heavy atom. The molecular weight excluding hydrogens is 340 g/mol. The molecule has 0 radical (unpaired) electrons. The van der Waals surface area contributed by atoms with Crippen LogP contribution in [0.4, 0.5) is 0 Å². The highest BCUT2D eigenvalue weighted by atomic mass is 16.2. The largest absolute Gasteiger partial charge is 0.338 e. The van der Waals surface area contributed by atoms with Crippen LogP contribution in [0.2, 0.25) is 0 Å². The number of hydrogen-bond acceptors (Lipinski definition) is 5. The van der Waals surface area contributed by atoms with Crippen molar-refractivity contribution in [3.8, 4) is 0 Å². The summed E-state index contributed by atoms with van der Waals surface area (Å²) in [4.78, 5) is 28.5. The number of piperidine rings is 1. The van der Waals surface area contributed by atoms with Crippen LogP contribution in [-0.2, 0) is 24.3 Å². The van der Waals surface area contributed by atoms with Crippen molar-refractivity contribution in [1.29, 1.82) is 0 Å². The van der Waals surface area contributed by atoms with Gasteiger partial charge in [0.15, 0.2) is 0 Å². The average molecular weight is 368 g/mol. The van der Waals surface area contributed by atoms with Crippen LogP contribution in [-0.4, -0.2) is 43.4 Å². The Balaban J connectivity index is 1.41. The molecule has 1 saturated heterocycles. The van der Waals surface area contributed by atoms with Gasteiger partial charge in [-0.1, -0.05) is 13.3 Å². The maximum absolute atomic E-state index is 12.9. The Morgan fingerprint density at radius 3 is 3.00 bits per heavy atom. The summed E-state index contributed by atoms with van der Waals surface area (Å²) >= 11 is 0. The minimum Gasteiger partial charge on any atom is -0.338 e. The fourth-order valence-electron chi connectivity index (χ4n) is 4.04. The Hall–Kier alpha value is -2.28. The third-order valence-corrected chi connectivity index (χ3v) is 5.70. The first-order chi connectivity index (χ1) is 13.1. The van der Waals surface area contributed by atoms with Crippen molar-refractivity contribution in [3.63, 3.8) is 0 Å². The Kier molecular flexibility index (Phi) is 5.20. The number of amides is 1. The Morgan fingerprint density at radius 1 is 1.37 bits per heavy atom. The molecule has 7 nitrogen and oxygen atoms in total. The number of aryl methyl sites for hydroxylation is 1. The van der Waals surface area contributed by atoms with E-state index < -0.39 is 0 Å². The van der Waals surface area contributed by atoms with Gasteiger partial charge in [-0.3, -0.25) is 4.79 Å². The predicted octanol–water partition coefficient (Wildman–Crippen LogP) is 2.02. The summed E-state index contributed by atoms with van der Waals surface area (Å²) in [5.74, 6) is 1.96. The van der Waals surface area contributed by atoms with Crippen LogP contribution in [0.15, 0.2) is 18.6 Å². The van der Waals surface area contributed by atoms with E-state index in [1.165, 1.54) is 12.8 Å². The Labute approximate surface area is 160 Å². The van der Waals surface area contributed by atoms with Crippen molar-refractivity contribution < 1.29 is 4.79 Å². The van der Waals surface area contributed by atoms with Gasteiger partial charge in [0.1, 0.15) is 11.6 Å². The van der Waals surface area contributed by atoms with Crippen LogP contribution < -0.4 is 5.32 Å². The predicted molar refractivity (Wildman–Crippen MR) is 102 cm³/mol. The number of nitrogens with zero attached hydrogens (tertiary/aromatic N) is 5. The van der Waals surface area contributed by atoms with Gasteiger partial charge in [-0.15, -0.1) is 0 Å². The lowest BCUT2D eigenvalue weighted by molar-refractivity contribution is -0.136. The minimum atomic E-state index is -0.0777. The first-order valence-corrected chi connectivity index (χ1v) is 9.96. The molecule has 0 aromatic carbocycles. The van der Waals surface area contributed by atoms with E-state index in [2.05, 4.69) is 15.3 Å². The summed E-state index contributed by atoms with van der Waals surface area (Å²) in [5, 5.41) is 3.51. The quantitative estimate of drug-likeness (QED) is 0.893. The van der Waals surface area contributed by atoms with E-state index in [1.54, 1.807) is 6.20 Å². The van der Waals surface area contributed by atoms with Gasteiger partial charge in [0.25, 0.3) is 0 Å². The first-order valence-electron chi connectivity index (χ1n) is 9.96. The third kappa shape index (κ3) is 3.88. The van der Waals surface area contributed by atoms with Crippen molar-refractivity contribution in [2.75, 3.05) is 13.1 Å². The van der Waals surface area contributed by atoms with Crippen LogP contribution in [0.3, 0.4) is 0 Å². The van der Waals surface area contributed by atoms with Crippen molar-refractivity contribution in [2.24, 2.45) is 5.92 Å². The lowest BCUT2D eigenvalue weighted by Crippen LogP contribution is -2.40. The summed E-state index contributed by atoms with van der Waals surface area (Å²) in [6, 6.07) is 0.280. The van der Waals surface area contributed by atoms with Gasteiger partial charge in [0, 0.05) is 50.2 Å². The maximum atomic E-state index is 12.9. The number of nitrogens with one attached hydrogen (secondary N) is 1. The number of aromatic nitrogens is 4. The molecular formula is C20H28N6O. The van der Waals surface area contributed by atoms with E-state index in [0.29, 0.717) is 13.1 Å². The summed E-state index contributed by atoms with van der Waals surface area (Å²) in [7, 11) is 0. The molecule has 2 aliphatic rings. The smallest absolute Gasteiger partial charge is 0.227 e. The molecule has 4 rings (SSSR count). The molecule has 144 valence electrons. The second-order valence-electron chi connectivity index (χ2n) is 7.74. The molecule has 0 spiro atoms. The molecule has 0 aliphatic carbocycles. The van der Waals surface area contributed by atoms with Crippen molar-refractivity contribution in [1.82, 2.24) is 29.7 Å². The minimum absolute atomic E-state index is 0.0777. The average Bonchev–Trinajstić information content (AvgIpc) is 3.11. The summed E-state index contributed by atoms with van der Waals surface area (Å²) in [6.07, 6.45) is 10.0. The zero-order valence-electron chi connectivity index (χ0n) is 16.2. The number of rotatable bonds is 4. The normalized spacial score (nSPS) is 21.0. The van der Waals surface area contributed by atoms with E-state index >= 15 is 0 Å². The molecule has 27 heavy (non-hydrogen) atoms. The monoisotopic (exact) mass is 368 g/mol. The molecule has 2 aromatic rings. The lowest BCUT2D eigenvalue weighted by atomic mass is 10.0. The molecule has 0 saturated carbocycles.